The monoisotopic (exact) mass is 441 g/mol. The maximum atomic E-state index is 11.3. The van der Waals surface area contributed by atoms with Crippen LogP contribution in [0.15, 0.2) is 35.1 Å². The number of rotatable bonds is 7. The molecule has 0 aromatic carbocycles. The third kappa shape index (κ3) is 5.16. The molecule has 0 radical (unpaired) electrons. The number of esters is 1. The summed E-state index contributed by atoms with van der Waals surface area (Å²) < 4.78 is 5.48. The Balaban J connectivity index is 1.44. The molecule has 2 saturated carbocycles. The molecule has 1 N–H and O–H groups in total. The first kappa shape index (κ1) is 23.6. The van der Waals surface area contributed by atoms with Gasteiger partial charge < -0.3 is 14.7 Å². The van der Waals surface area contributed by atoms with Crippen molar-refractivity contribution >= 4 is 5.97 Å². The maximum Gasteiger partial charge on any atom is 0.302 e. The number of carbonyl (C=O) groups is 1. The van der Waals surface area contributed by atoms with E-state index in [-0.39, 0.29) is 17.6 Å². The minimum Gasteiger partial charge on any atom is -0.462 e. The summed E-state index contributed by atoms with van der Waals surface area (Å²) in [6.45, 7) is 8.87. The third-order valence-electron chi connectivity index (χ3n) is 8.32. The number of allylic oxidation sites excluding steroid dienone is 3. The fraction of sp³-hybridized carbons (Fsp3) is 0.750. The summed E-state index contributed by atoms with van der Waals surface area (Å²) >= 11 is 0. The van der Waals surface area contributed by atoms with Crippen molar-refractivity contribution in [3.8, 4) is 0 Å². The van der Waals surface area contributed by atoms with Gasteiger partial charge in [0.25, 0.3) is 0 Å². The zero-order valence-corrected chi connectivity index (χ0v) is 20.7. The van der Waals surface area contributed by atoms with Crippen LogP contribution in [0.2, 0.25) is 0 Å². The topological polar surface area (TPSA) is 49.8 Å². The fourth-order valence-electron chi connectivity index (χ4n) is 6.58. The molecular formula is C28H43NO3. The van der Waals surface area contributed by atoms with E-state index in [1.807, 2.05) is 13.8 Å². The molecule has 4 heteroatoms. The zero-order chi connectivity index (χ0) is 23.0. The first-order chi connectivity index (χ1) is 15.1. The molecule has 2 atom stereocenters. The number of hydrogen-bond acceptors (Lipinski definition) is 4. The van der Waals surface area contributed by atoms with E-state index in [9.17, 15) is 9.90 Å². The largest absolute Gasteiger partial charge is 0.462 e. The summed E-state index contributed by atoms with van der Waals surface area (Å²) in [6, 6.07) is 0. The first-order valence-corrected chi connectivity index (χ1v) is 12.9. The van der Waals surface area contributed by atoms with Gasteiger partial charge in [0.2, 0.25) is 0 Å². The van der Waals surface area contributed by atoms with Crippen LogP contribution in [-0.2, 0) is 9.53 Å². The molecule has 4 rings (SSSR count). The summed E-state index contributed by atoms with van der Waals surface area (Å²) in [5.74, 6) is -0.162. The van der Waals surface area contributed by atoms with Gasteiger partial charge in [0, 0.05) is 25.6 Å². The summed E-state index contributed by atoms with van der Waals surface area (Å²) in [6.07, 6.45) is 20.9. The lowest BCUT2D eigenvalue weighted by Gasteiger charge is -2.47. The number of ether oxygens (including phenoxy) is 1. The van der Waals surface area contributed by atoms with Gasteiger partial charge in [0.15, 0.2) is 0 Å². The van der Waals surface area contributed by atoms with Crippen LogP contribution in [0.5, 0.6) is 0 Å². The van der Waals surface area contributed by atoms with Gasteiger partial charge in [-0.3, -0.25) is 4.79 Å². The van der Waals surface area contributed by atoms with E-state index in [0.29, 0.717) is 5.41 Å². The molecule has 178 valence electrons. The highest BCUT2D eigenvalue weighted by Crippen LogP contribution is 2.62. The molecule has 2 unspecified atom stereocenters. The van der Waals surface area contributed by atoms with Gasteiger partial charge in [0.1, 0.15) is 6.10 Å². The average molecular weight is 442 g/mol. The summed E-state index contributed by atoms with van der Waals surface area (Å²) in [5.41, 5.74) is 4.56. The molecule has 0 aromatic heterocycles. The quantitative estimate of drug-likeness (QED) is 0.377. The lowest BCUT2D eigenvalue weighted by atomic mass is 9.74. The lowest BCUT2D eigenvalue weighted by Crippen LogP contribution is -2.47. The number of carbonyl (C=O) groups excluding carboxylic acids is 1. The number of fused-ring (bicyclic) bond motifs is 1. The number of piperidine rings is 1. The van der Waals surface area contributed by atoms with Gasteiger partial charge in [-0.15, -0.1) is 0 Å². The first-order valence-electron chi connectivity index (χ1n) is 12.9. The number of hydrogen-bond donors (Lipinski definition) is 1. The minimum atomic E-state index is -0.558. The summed E-state index contributed by atoms with van der Waals surface area (Å²) in [4.78, 5) is 14.0. The van der Waals surface area contributed by atoms with Crippen molar-refractivity contribution in [2.24, 2.45) is 5.41 Å². The Hall–Kier alpha value is -1.55. The van der Waals surface area contributed by atoms with Gasteiger partial charge in [-0.1, -0.05) is 17.7 Å². The van der Waals surface area contributed by atoms with Crippen molar-refractivity contribution in [2.45, 2.75) is 122 Å². The molecule has 3 fully saturated rings. The second-order valence-corrected chi connectivity index (χ2v) is 11.6. The molecule has 2 heterocycles. The van der Waals surface area contributed by atoms with Gasteiger partial charge in [-0.25, -0.2) is 0 Å². The molecule has 2 aliphatic heterocycles. The normalized spacial score (nSPS) is 32.1. The molecule has 0 spiro atoms. The lowest BCUT2D eigenvalue weighted by molar-refractivity contribution is -0.147. The summed E-state index contributed by atoms with van der Waals surface area (Å²) in [5, 5.41) is 10.1. The highest BCUT2D eigenvalue weighted by molar-refractivity contribution is 5.66. The predicted molar refractivity (Wildman–Crippen MR) is 129 cm³/mol. The Morgan fingerprint density at radius 1 is 1.25 bits per heavy atom. The van der Waals surface area contributed by atoms with Crippen LogP contribution in [0.3, 0.4) is 0 Å². The third-order valence-corrected chi connectivity index (χ3v) is 8.32. The molecule has 0 aromatic rings. The zero-order valence-electron chi connectivity index (χ0n) is 20.7. The molecule has 2 aliphatic carbocycles. The van der Waals surface area contributed by atoms with Gasteiger partial charge in [-0.05, 0) is 108 Å². The molecule has 0 bridgehead atoms. The van der Waals surface area contributed by atoms with E-state index < -0.39 is 5.60 Å². The number of aliphatic hydroxyl groups is 1. The Morgan fingerprint density at radius 2 is 2.03 bits per heavy atom. The molecule has 4 aliphatic rings. The van der Waals surface area contributed by atoms with Gasteiger partial charge in [-0.2, -0.15) is 0 Å². The Labute approximate surface area is 194 Å². The molecule has 32 heavy (non-hydrogen) atoms. The van der Waals surface area contributed by atoms with E-state index in [1.54, 1.807) is 5.57 Å². The van der Waals surface area contributed by atoms with Crippen LogP contribution >= 0.6 is 0 Å². The van der Waals surface area contributed by atoms with Crippen LogP contribution in [-0.4, -0.2) is 39.8 Å². The van der Waals surface area contributed by atoms with Crippen LogP contribution in [0.1, 0.15) is 105 Å². The smallest absolute Gasteiger partial charge is 0.302 e. The van der Waals surface area contributed by atoms with E-state index in [4.69, 9.17) is 4.74 Å². The van der Waals surface area contributed by atoms with E-state index in [1.165, 1.54) is 50.3 Å². The van der Waals surface area contributed by atoms with Crippen molar-refractivity contribution in [3.63, 3.8) is 0 Å². The Bertz CT molecular complexity index is 811. The fourth-order valence-corrected chi connectivity index (χ4v) is 6.58. The van der Waals surface area contributed by atoms with E-state index in [0.717, 1.165) is 51.5 Å². The molecule has 1 saturated heterocycles. The highest BCUT2D eigenvalue weighted by Gasteiger charge is 2.55. The second kappa shape index (κ2) is 9.00. The van der Waals surface area contributed by atoms with Crippen molar-refractivity contribution in [1.82, 2.24) is 4.90 Å². The van der Waals surface area contributed by atoms with E-state index in [2.05, 4.69) is 30.1 Å². The van der Waals surface area contributed by atoms with Crippen LogP contribution in [0, 0.1) is 5.41 Å². The predicted octanol–water partition coefficient (Wildman–Crippen LogP) is 6.21. The number of nitrogens with zero attached hydrogens (tertiary/aromatic N) is 1. The van der Waals surface area contributed by atoms with Crippen LogP contribution in [0.25, 0.3) is 0 Å². The highest BCUT2D eigenvalue weighted by atomic mass is 16.5. The van der Waals surface area contributed by atoms with Crippen molar-refractivity contribution < 1.29 is 14.6 Å². The van der Waals surface area contributed by atoms with E-state index >= 15 is 0 Å². The Morgan fingerprint density at radius 3 is 2.72 bits per heavy atom. The average Bonchev–Trinajstić information content (AvgIpc) is 3.38. The molecular weight excluding hydrogens is 398 g/mol. The Kier molecular flexibility index (Phi) is 6.64. The van der Waals surface area contributed by atoms with Crippen LogP contribution < -0.4 is 0 Å². The van der Waals surface area contributed by atoms with Crippen LogP contribution in [0.4, 0.5) is 0 Å². The standard InChI is InChI=1S/C28H43NO3/c1-21(30)32-24-10-5-8-22(20-24)11-12-23-9-6-15-27(4)25(13-19-29(23)27)28(17-18-28)16-7-14-26(2,3)31/h11-13,24,31H,5-10,14-20H2,1-4H3/b22-11-,23-12+. The SMILES string of the molecule is CC(=O)OC1CCC/C(=C/C=C2\CCCC3(C)C(C4(CCCC(C)(C)O)CC4)=CCN23)C1. The summed E-state index contributed by atoms with van der Waals surface area (Å²) in [7, 11) is 0. The van der Waals surface area contributed by atoms with Crippen molar-refractivity contribution in [3.05, 3.63) is 35.1 Å². The minimum absolute atomic E-state index is 0.0567. The molecule has 4 nitrogen and oxygen atoms in total. The maximum absolute atomic E-state index is 11.3. The van der Waals surface area contributed by atoms with Gasteiger partial charge in [0.05, 0.1) is 11.1 Å². The second-order valence-electron chi connectivity index (χ2n) is 11.6. The van der Waals surface area contributed by atoms with Crippen molar-refractivity contribution in [1.29, 1.82) is 0 Å². The molecule has 0 amide bonds. The van der Waals surface area contributed by atoms with Gasteiger partial charge >= 0.3 is 5.97 Å². The van der Waals surface area contributed by atoms with Crippen molar-refractivity contribution in [2.75, 3.05) is 6.54 Å².